The molecule has 160 valence electrons. The second-order valence-electron chi connectivity index (χ2n) is 6.20. The number of anilines is 1. The summed E-state index contributed by atoms with van der Waals surface area (Å²) in [5, 5.41) is 12.7. The van der Waals surface area contributed by atoms with Crippen LogP contribution >= 0.6 is 0 Å². The van der Waals surface area contributed by atoms with Crippen LogP contribution < -0.4 is 10.9 Å². The standard InChI is InChI=1S/C18H15F3N2O7/c1-8-6-14(24)29-9(2)15(8)17(26)30-10(3)16(25)22-13-5-4-11(23(27)28)7-12(13)18(19,20)21/h4-7,10H,1-3H3,(H,22,25). The lowest BCUT2D eigenvalue weighted by Gasteiger charge is -2.17. The molecule has 1 unspecified atom stereocenters. The summed E-state index contributed by atoms with van der Waals surface area (Å²) in [7, 11) is 0. The first-order chi connectivity index (χ1) is 13.8. The molecule has 9 nitrogen and oxygen atoms in total. The molecule has 1 aromatic heterocycles. The van der Waals surface area contributed by atoms with Crippen LogP contribution in [0.4, 0.5) is 24.5 Å². The van der Waals surface area contributed by atoms with E-state index in [-0.39, 0.29) is 23.0 Å². The third-order valence-electron chi connectivity index (χ3n) is 3.97. The Hall–Kier alpha value is -3.70. The number of hydrogen-bond donors (Lipinski definition) is 1. The van der Waals surface area contributed by atoms with E-state index in [1.165, 1.54) is 13.8 Å². The second-order valence-corrected chi connectivity index (χ2v) is 6.20. The van der Waals surface area contributed by atoms with E-state index < -0.39 is 51.6 Å². The molecule has 0 fully saturated rings. The fourth-order valence-electron chi connectivity index (χ4n) is 2.56. The van der Waals surface area contributed by atoms with Crippen molar-refractivity contribution >= 4 is 23.3 Å². The van der Waals surface area contributed by atoms with Crippen molar-refractivity contribution in [1.82, 2.24) is 0 Å². The Kier molecular flexibility index (Phi) is 6.29. The van der Waals surface area contributed by atoms with Crippen molar-refractivity contribution in [2.75, 3.05) is 5.32 Å². The Labute approximate surface area is 166 Å². The number of halogens is 3. The molecule has 0 radical (unpaired) electrons. The van der Waals surface area contributed by atoms with Gasteiger partial charge in [-0.1, -0.05) is 0 Å². The summed E-state index contributed by atoms with van der Waals surface area (Å²) in [4.78, 5) is 45.5. The number of alkyl halides is 3. The first kappa shape index (κ1) is 22.6. The van der Waals surface area contributed by atoms with E-state index in [4.69, 9.17) is 9.15 Å². The molecule has 1 amide bonds. The highest BCUT2D eigenvalue weighted by Crippen LogP contribution is 2.37. The van der Waals surface area contributed by atoms with E-state index in [1.54, 1.807) is 0 Å². The van der Waals surface area contributed by atoms with Gasteiger partial charge in [-0.15, -0.1) is 0 Å². The first-order valence-electron chi connectivity index (χ1n) is 8.30. The molecule has 0 aliphatic rings. The molecule has 2 aromatic rings. The van der Waals surface area contributed by atoms with E-state index >= 15 is 0 Å². The number of nitrogens with zero attached hydrogens (tertiary/aromatic N) is 1. The van der Waals surface area contributed by atoms with Crippen molar-refractivity contribution in [3.8, 4) is 0 Å². The Morgan fingerprint density at radius 1 is 1.23 bits per heavy atom. The summed E-state index contributed by atoms with van der Waals surface area (Å²) in [6.45, 7) is 3.90. The third kappa shape index (κ3) is 5.01. The average molecular weight is 428 g/mol. The highest BCUT2D eigenvalue weighted by molar-refractivity contribution is 5.98. The predicted molar refractivity (Wildman–Crippen MR) is 96.1 cm³/mol. The molecule has 1 heterocycles. The summed E-state index contributed by atoms with van der Waals surface area (Å²) < 4.78 is 49.4. The summed E-state index contributed by atoms with van der Waals surface area (Å²) in [5.74, 6) is -2.17. The molecule has 30 heavy (non-hydrogen) atoms. The number of hydrogen-bond acceptors (Lipinski definition) is 7. The smallest absolute Gasteiger partial charge is 0.418 e. The summed E-state index contributed by atoms with van der Waals surface area (Å²) in [6.07, 6.45) is -6.51. The molecule has 1 atom stereocenters. The lowest BCUT2D eigenvalue weighted by atomic mass is 10.1. The van der Waals surface area contributed by atoms with Gasteiger partial charge in [-0.05, 0) is 32.4 Å². The van der Waals surface area contributed by atoms with Crippen molar-refractivity contribution in [2.24, 2.45) is 0 Å². The molecular weight excluding hydrogens is 413 g/mol. The maximum atomic E-state index is 13.2. The van der Waals surface area contributed by atoms with E-state index in [9.17, 15) is 37.7 Å². The van der Waals surface area contributed by atoms with Gasteiger partial charge in [-0.3, -0.25) is 14.9 Å². The van der Waals surface area contributed by atoms with Crippen molar-refractivity contribution in [3.05, 3.63) is 67.3 Å². The number of rotatable bonds is 5. The maximum absolute atomic E-state index is 13.2. The highest BCUT2D eigenvalue weighted by Gasteiger charge is 2.36. The normalized spacial score (nSPS) is 12.2. The molecule has 0 saturated carbocycles. The molecule has 0 aliphatic carbocycles. The number of aryl methyl sites for hydroxylation is 2. The van der Waals surface area contributed by atoms with Gasteiger partial charge < -0.3 is 14.5 Å². The zero-order valence-corrected chi connectivity index (χ0v) is 15.8. The second kappa shape index (κ2) is 8.35. The van der Waals surface area contributed by atoms with Crippen LogP contribution in [0.15, 0.2) is 33.5 Å². The van der Waals surface area contributed by atoms with Crippen LogP contribution in [0.2, 0.25) is 0 Å². The topological polar surface area (TPSA) is 129 Å². The molecule has 1 N–H and O–H groups in total. The van der Waals surface area contributed by atoms with Crippen LogP contribution in [0, 0.1) is 24.0 Å². The quantitative estimate of drug-likeness (QED) is 0.439. The van der Waals surface area contributed by atoms with Gasteiger partial charge in [0.2, 0.25) is 0 Å². The fraction of sp³-hybridized carbons (Fsp3) is 0.278. The van der Waals surface area contributed by atoms with Crippen LogP contribution in [0.1, 0.15) is 34.2 Å². The summed E-state index contributed by atoms with van der Waals surface area (Å²) >= 11 is 0. The van der Waals surface area contributed by atoms with E-state index in [2.05, 4.69) is 0 Å². The number of ether oxygens (including phenoxy) is 1. The summed E-state index contributed by atoms with van der Waals surface area (Å²) in [6, 6.07) is 2.85. The van der Waals surface area contributed by atoms with Gasteiger partial charge in [0.05, 0.1) is 16.2 Å². The van der Waals surface area contributed by atoms with Crippen molar-refractivity contribution in [3.63, 3.8) is 0 Å². The Bertz CT molecular complexity index is 1050. The van der Waals surface area contributed by atoms with Crippen LogP contribution in [-0.4, -0.2) is 22.9 Å². The summed E-state index contributed by atoms with van der Waals surface area (Å²) in [5.41, 5.74) is -3.53. The number of nitro benzene ring substituents is 1. The molecular formula is C18H15F3N2O7. The monoisotopic (exact) mass is 428 g/mol. The number of esters is 1. The molecule has 0 saturated heterocycles. The van der Waals surface area contributed by atoms with Gasteiger partial charge in [0.25, 0.3) is 11.6 Å². The van der Waals surface area contributed by atoms with Crippen molar-refractivity contribution in [1.29, 1.82) is 0 Å². The first-order valence-corrected chi connectivity index (χ1v) is 8.30. The van der Waals surface area contributed by atoms with E-state index in [1.807, 2.05) is 5.32 Å². The largest absolute Gasteiger partial charge is 0.449 e. The zero-order valence-electron chi connectivity index (χ0n) is 15.8. The molecule has 1 aromatic carbocycles. The minimum absolute atomic E-state index is 0.0488. The lowest BCUT2D eigenvalue weighted by Crippen LogP contribution is -2.31. The fourth-order valence-corrected chi connectivity index (χ4v) is 2.56. The maximum Gasteiger partial charge on any atom is 0.418 e. The number of non-ortho nitro benzene ring substituents is 1. The van der Waals surface area contributed by atoms with Crippen LogP contribution in [0.25, 0.3) is 0 Å². The molecule has 12 heteroatoms. The minimum atomic E-state index is -4.98. The number of amides is 1. The van der Waals surface area contributed by atoms with Gasteiger partial charge in [0.1, 0.15) is 11.3 Å². The average Bonchev–Trinajstić information content (AvgIpc) is 2.59. The molecule has 0 spiro atoms. The number of nitrogens with one attached hydrogen (secondary N) is 1. The van der Waals surface area contributed by atoms with Crippen molar-refractivity contribution in [2.45, 2.75) is 33.1 Å². The Balaban J connectivity index is 2.23. The van der Waals surface area contributed by atoms with Crippen LogP contribution in [0.3, 0.4) is 0 Å². The number of nitro groups is 1. The van der Waals surface area contributed by atoms with Gasteiger partial charge >= 0.3 is 17.8 Å². The van der Waals surface area contributed by atoms with E-state index in [0.717, 1.165) is 25.1 Å². The Morgan fingerprint density at radius 2 is 1.87 bits per heavy atom. The van der Waals surface area contributed by atoms with Crippen molar-refractivity contribution < 1.29 is 36.8 Å². The molecule has 0 aliphatic heterocycles. The molecule has 2 rings (SSSR count). The number of carbonyl (C=O) groups excluding carboxylic acids is 2. The Morgan fingerprint density at radius 3 is 2.40 bits per heavy atom. The van der Waals surface area contributed by atoms with Gasteiger partial charge in [0.15, 0.2) is 6.10 Å². The van der Waals surface area contributed by atoms with Gasteiger partial charge in [-0.2, -0.15) is 13.2 Å². The van der Waals surface area contributed by atoms with E-state index in [0.29, 0.717) is 0 Å². The van der Waals surface area contributed by atoms with Crippen LogP contribution in [-0.2, 0) is 15.7 Å². The SMILES string of the molecule is Cc1cc(=O)oc(C)c1C(=O)OC(C)C(=O)Nc1ccc([N+](=O)[O-])cc1C(F)(F)F. The minimum Gasteiger partial charge on any atom is -0.449 e. The third-order valence-corrected chi connectivity index (χ3v) is 3.97. The molecule has 0 bridgehead atoms. The number of benzene rings is 1. The van der Waals surface area contributed by atoms with Gasteiger partial charge in [-0.25, -0.2) is 9.59 Å². The lowest BCUT2D eigenvalue weighted by molar-refractivity contribution is -0.385. The van der Waals surface area contributed by atoms with Crippen LogP contribution in [0.5, 0.6) is 0 Å². The predicted octanol–water partition coefficient (Wildman–Crippen LogP) is 3.37. The number of carbonyl (C=O) groups is 2. The van der Waals surface area contributed by atoms with Gasteiger partial charge in [0, 0.05) is 18.2 Å². The highest BCUT2D eigenvalue weighted by atomic mass is 19.4. The zero-order chi connectivity index (χ0) is 22.8.